The van der Waals surface area contributed by atoms with Gasteiger partial charge in [0.1, 0.15) is 55.1 Å². The van der Waals surface area contributed by atoms with Crippen molar-refractivity contribution in [3.63, 3.8) is 0 Å². The van der Waals surface area contributed by atoms with Crippen molar-refractivity contribution < 1.29 is 64.5 Å². The number of likely N-dealkylation sites (N-methyl/N-ethyl adjacent to an activating group) is 2. The number of halogens is 2. The van der Waals surface area contributed by atoms with Gasteiger partial charge in [0, 0.05) is 143 Å². The molecule has 2 aliphatic rings. The van der Waals surface area contributed by atoms with E-state index in [1.165, 1.54) is 62.4 Å². The predicted octanol–water partition coefficient (Wildman–Crippen LogP) is 11.2. The Kier molecular flexibility index (Phi) is 33.9. The minimum atomic E-state index is -4.75. The highest BCUT2D eigenvalue weighted by molar-refractivity contribution is 8.00. The first-order valence-electron chi connectivity index (χ1n) is 43.7. The maximum Gasteiger partial charge on any atom is 0.407 e. The SMILES string of the molecule is C=S1(=O)CCN(C(=O)c2sc3nnc(C)c(C)c3c2N)CC1.Cc1c(CN(C)C)nnc2sc(C(=O)NC3CN(C(=O)c4ccccc4)C3)c(N)c12.Cc1c(CN(C)C)nnc2sc(C(=O)NCc3ccc(S(=O)(=O)C(C)(F)F)cc3)c(N)c12.Cc1nnc2sc(C(=O)N(C)CCNC(=O)OCc3ccccc3)c(N)c2c1C.Cc1nnc2sc(C(=O)NCCN(C)C(=O)c3ccccc3)c(N)c2c1C. The number of amides is 8. The van der Waals surface area contributed by atoms with Gasteiger partial charge < -0.3 is 84.1 Å². The summed E-state index contributed by atoms with van der Waals surface area (Å²) >= 11 is 6.10. The van der Waals surface area contributed by atoms with Crippen LogP contribution >= 0.6 is 56.7 Å². The Hall–Kier alpha value is -13.6. The summed E-state index contributed by atoms with van der Waals surface area (Å²) < 4.78 is 67.3. The van der Waals surface area contributed by atoms with Crippen LogP contribution in [0.5, 0.6) is 0 Å². The Morgan fingerprint density at radius 1 is 0.464 bits per heavy atom. The predicted molar refractivity (Wildman–Crippen MR) is 549 cm³/mol. The summed E-state index contributed by atoms with van der Waals surface area (Å²) in [7, 11) is 4.34. The van der Waals surface area contributed by atoms with Crippen molar-refractivity contribution in [2.45, 2.75) is 105 Å². The van der Waals surface area contributed by atoms with E-state index in [-0.39, 0.29) is 61.2 Å². The van der Waals surface area contributed by atoms with E-state index in [2.05, 4.69) is 78.1 Å². The van der Waals surface area contributed by atoms with Crippen molar-refractivity contribution in [1.29, 1.82) is 0 Å². The van der Waals surface area contributed by atoms with Gasteiger partial charge >= 0.3 is 11.3 Å². The van der Waals surface area contributed by atoms with Crippen LogP contribution in [0.1, 0.15) is 143 Å². The molecule has 0 unspecified atom stereocenters. The molecular weight excluding hydrogens is 1930 g/mol. The van der Waals surface area contributed by atoms with Crippen LogP contribution in [0.3, 0.4) is 0 Å². The smallest absolute Gasteiger partial charge is 0.407 e. The zero-order valence-electron chi connectivity index (χ0n) is 79.7. The van der Waals surface area contributed by atoms with E-state index in [1.807, 2.05) is 160 Å². The number of carbonyl (C=O) groups excluding carboxylic acids is 8. The second kappa shape index (κ2) is 45.1. The number of thiophene rings is 5. The summed E-state index contributed by atoms with van der Waals surface area (Å²) in [6, 6.07) is 32.4. The lowest BCUT2D eigenvalue weighted by Crippen LogP contribution is -2.60. The van der Waals surface area contributed by atoms with E-state index < -0.39 is 41.5 Å². The van der Waals surface area contributed by atoms with Gasteiger partial charge in [0.05, 0.1) is 67.8 Å². The van der Waals surface area contributed by atoms with Crippen LogP contribution < -0.4 is 49.9 Å². The van der Waals surface area contributed by atoms with Crippen LogP contribution in [0, 0.1) is 55.4 Å². The number of alkyl halides is 2. The van der Waals surface area contributed by atoms with Crippen LogP contribution in [0.15, 0.2) is 120 Å². The maximum atomic E-state index is 13.3. The molecule has 16 rings (SSSR count). The van der Waals surface area contributed by atoms with Crippen molar-refractivity contribution >= 4 is 209 Å². The Balaban J connectivity index is 0.000000157. The molecule has 0 bridgehead atoms. The molecule has 2 fully saturated rings. The van der Waals surface area contributed by atoms with Gasteiger partial charge in [-0.3, -0.25) is 37.8 Å². The molecule has 0 radical (unpaired) electrons. The van der Waals surface area contributed by atoms with Gasteiger partial charge in [0.2, 0.25) is 9.84 Å². The average Bonchev–Trinajstić information content (AvgIpc) is 1.64. The van der Waals surface area contributed by atoms with Crippen molar-refractivity contribution in [3.05, 3.63) is 218 Å². The molecule has 37 nitrogen and oxygen atoms in total. The molecule has 12 heterocycles. The normalized spacial score (nSPS) is 13.0. The van der Waals surface area contributed by atoms with Gasteiger partial charge in [-0.05, 0) is 174 Å². The summed E-state index contributed by atoms with van der Waals surface area (Å²) in [5.41, 5.74) is 44.6. The molecule has 0 aliphatic carbocycles. The number of alkyl carbamates (subject to hydrolysis) is 1. The van der Waals surface area contributed by atoms with Crippen LogP contribution in [0.25, 0.3) is 51.1 Å². The minimum absolute atomic E-state index is 0.0261. The first-order chi connectivity index (χ1) is 66.2. The number of benzene rings is 4. The molecule has 14 aromatic rings. The van der Waals surface area contributed by atoms with E-state index in [0.717, 1.165) is 107 Å². The highest BCUT2D eigenvalue weighted by Crippen LogP contribution is 2.41. The van der Waals surface area contributed by atoms with Crippen molar-refractivity contribution in [2.24, 2.45) is 0 Å². The number of ether oxygens (including phenoxy) is 1. The summed E-state index contributed by atoms with van der Waals surface area (Å²) in [4.78, 5) is 115. The molecule has 10 aromatic heterocycles. The second-order valence-corrected chi connectivity index (χ2v) is 43.9. The number of fused-ring (bicyclic) bond motifs is 5. The lowest BCUT2D eigenvalue weighted by Gasteiger charge is -2.39. The van der Waals surface area contributed by atoms with E-state index in [0.29, 0.717) is 176 Å². The molecule has 738 valence electrons. The third kappa shape index (κ3) is 24.4. The zero-order valence-corrected chi connectivity index (χ0v) is 85.4. The average molecular weight is 2040 g/mol. The number of nitrogens with zero attached hydrogens (tertiary/aromatic N) is 16. The fourth-order valence-corrected chi connectivity index (χ4v) is 22.1. The van der Waals surface area contributed by atoms with Crippen LogP contribution in [0.2, 0.25) is 0 Å². The molecule has 8 amide bonds. The number of carbonyl (C=O) groups is 8. The monoisotopic (exact) mass is 2040 g/mol. The number of hydrogen-bond acceptors (Lipinski definition) is 34. The van der Waals surface area contributed by atoms with E-state index >= 15 is 0 Å². The first-order valence-corrected chi connectivity index (χ1v) is 51.4. The molecule has 0 spiro atoms. The molecule has 2 saturated heterocycles. The van der Waals surface area contributed by atoms with Crippen molar-refractivity contribution in [3.8, 4) is 0 Å². The number of sulfone groups is 1. The number of nitrogens with one attached hydrogen (secondary N) is 4. The lowest BCUT2D eigenvalue weighted by atomic mass is 10.1. The van der Waals surface area contributed by atoms with Crippen molar-refractivity contribution in [2.75, 3.05) is 135 Å². The number of rotatable bonds is 24. The highest BCUT2D eigenvalue weighted by Gasteiger charge is 2.41. The van der Waals surface area contributed by atoms with Crippen molar-refractivity contribution in [1.82, 2.24) is 102 Å². The molecular formula is C94H109F2N25O12S7. The van der Waals surface area contributed by atoms with Crippen LogP contribution in [-0.4, -0.2) is 264 Å². The van der Waals surface area contributed by atoms with E-state index in [1.54, 1.807) is 53.1 Å². The topological polar surface area (TPSA) is 524 Å². The third-order valence-corrected chi connectivity index (χ3v) is 32.3. The van der Waals surface area contributed by atoms with Gasteiger partial charge in [-0.15, -0.1) is 82.2 Å². The van der Waals surface area contributed by atoms with Gasteiger partial charge in [-0.25, -0.2) is 13.2 Å². The van der Waals surface area contributed by atoms with Crippen LogP contribution in [-0.2, 0) is 50.3 Å². The van der Waals surface area contributed by atoms with Gasteiger partial charge in [0.15, 0.2) is 0 Å². The number of nitrogen functional groups attached to an aromatic ring is 5. The minimum Gasteiger partial charge on any atom is -0.445 e. The Bertz CT molecular complexity index is 7250. The quantitative estimate of drug-likeness (QED) is 0.0254. The molecule has 4 aromatic carbocycles. The van der Waals surface area contributed by atoms with E-state index in [9.17, 15) is 59.8 Å². The fourth-order valence-electron chi connectivity index (χ4n) is 14.6. The number of nitrogens with two attached hydrogens (primary N) is 5. The standard InChI is InChI=1S/C21H24N6O2S.C20H23F2N5O3S2.C20H23N5O3S.C19H21N5O2S.C14H18N4O2S2/c1-12-15(11-26(2)3)24-25-20-16(12)17(22)18(30-20)19(28)23-14-9-27(10-14)21(29)13-7-5-4-6-8-13;1-11-14(10-27(3)4)25-26-19-15(11)16(23)17(31-19)18(28)24-9-12-5-7-13(8-6-12)32(29,30)20(2,21)22;1-12-13(2)23-24-18-15(12)16(21)17(29-18)19(26)25(3)10-9-22-20(27)28-11-14-7-5-4-6-8-14;1-11-12(2)22-23-18-14(11)15(20)16(27-18)17(25)21-9-10-24(3)19(26)13-7-5-4-6-8-13;1-8-9(2)16-17-13-10(8)11(15)12(21-13)14(19)18-4-6-22(3,20)7-5-18/h4-8,14H,9-11,22H2,1-3H3,(H,23,28);5-8H,9-10,23H2,1-4H3,(H,24,28);4-8H,9-11,21H2,1-3H3,(H,22,27);4-8H,9-10,20H2,1-3H3,(H,21,25);3-7,15H2,1-2H3. The second-order valence-electron chi connectivity index (χ2n) is 34.0. The Morgan fingerprint density at radius 2 is 0.843 bits per heavy atom. The largest absolute Gasteiger partial charge is 0.445 e. The fraction of sp³-hybridized carbons (Fsp3) is 0.330. The molecule has 14 N–H and O–H groups in total. The summed E-state index contributed by atoms with van der Waals surface area (Å²) in [5.74, 6) is 3.23. The lowest BCUT2D eigenvalue weighted by molar-refractivity contribution is 0.0543. The highest BCUT2D eigenvalue weighted by atomic mass is 32.2. The first kappa shape index (κ1) is 105. The third-order valence-electron chi connectivity index (χ3n) is 23.1. The summed E-state index contributed by atoms with van der Waals surface area (Å²) in [6.07, 6.45) is -0.530. The number of likely N-dealkylation sites (tertiary alicyclic amines) is 1. The summed E-state index contributed by atoms with van der Waals surface area (Å²) in [6.45, 7) is 20.2. The van der Waals surface area contributed by atoms with Crippen LogP contribution in [0.4, 0.5) is 42.0 Å². The van der Waals surface area contributed by atoms with Gasteiger partial charge in [0.25, 0.3) is 41.4 Å². The number of aromatic nitrogens is 10. The number of anilines is 5. The summed E-state index contributed by atoms with van der Waals surface area (Å²) in [5, 5.41) is 52.8. The van der Waals surface area contributed by atoms with E-state index in [4.69, 9.17) is 33.4 Å². The number of hydrogen-bond donors (Lipinski definition) is 9. The number of aryl methyl sites for hydroxylation is 8. The molecule has 0 atom stereocenters. The Labute approximate surface area is 827 Å². The van der Waals surface area contributed by atoms with Gasteiger partial charge in [-0.1, -0.05) is 78.9 Å². The zero-order chi connectivity index (χ0) is 102. The van der Waals surface area contributed by atoms with Gasteiger partial charge in [-0.2, -0.15) is 34.3 Å². The molecule has 2 aliphatic heterocycles. The molecule has 140 heavy (non-hydrogen) atoms. The molecule has 0 saturated carbocycles. The maximum absolute atomic E-state index is 13.3. The Morgan fingerprint density at radius 3 is 1.29 bits per heavy atom. The molecule has 46 heteroatoms.